The molecular formula is C11H10N2O2S. The number of allylic oxidation sites excluding steroid dienone is 1. The Morgan fingerprint density at radius 2 is 2.50 bits per heavy atom. The van der Waals surface area contributed by atoms with Gasteiger partial charge in [0.1, 0.15) is 0 Å². The molecule has 0 unspecified atom stereocenters. The molecular weight excluding hydrogens is 224 g/mol. The molecule has 0 aliphatic rings. The first-order valence-electron chi connectivity index (χ1n) is 4.68. The number of rotatable bonds is 4. The lowest BCUT2D eigenvalue weighted by molar-refractivity contribution is 0.0689. The van der Waals surface area contributed by atoms with Gasteiger partial charge in [0.25, 0.3) is 0 Å². The third kappa shape index (κ3) is 1.90. The quantitative estimate of drug-likeness (QED) is 0.827. The summed E-state index contributed by atoms with van der Waals surface area (Å²) in [6.45, 7) is 4.13. The van der Waals surface area contributed by atoms with Gasteiger partial charge in [-0.2, -0.15) is 5.10 Å². The van der Waals surface area contributed by atoms with Gasteiger partial charge in [-0.05, 0) is 17.5 Å². The smallest absolute Gasteiger partial charge is 0.356 e. The van der Waals surface area contributed by atoms with Gasteiger partial charge in [0.15, 0.2) is 5.69 Å². The fourth-order valence-corrected chi connectivity index (χ4v) is 2.15. The number of carboxylic acids is 1. The van der Waals surface area contributed by atoms with Gasteiger partial charge in [-0.3, -0.25) is 4.68 Å². The summed E-state index contributed by atoms with van der Waals surface area (Å²) in [7, 11) is 0. The Balaban J connectivity index is 2.50. The van der Waals surface area contributed by atoms with E-state index in [0.29, 0.717) is 6.54 Å². The van der Waals surface area contributed by atoms with Crippen molar-refractivity contribution in [3.63, 3.8) is 0 Å². The minimum atomic E-state index is -1.01. The van der Waals surface area contributed by atoms with Crippen LogP contribution in [-0.2, 0) is 6.54 Å². The Kier molecular flexibility index (Phi) is 2.87. The zero-order valence-corrected chi connectivity index (χ0v) is 9.28. The van der Waals surface area contributed by atoms with Crippen LogP contribution in [0.25, 0.3) is 10.6 Å². The monoisotopic (exact) mass is 234 g/mol. The summed E-state index contributed by atoms with van der Waals surface area (Å²) in [5.41, 5.74) is 0.873. The molecule has 0 atom stereocenters. The van der Waals surface area contributed by atoms with Crippen LogP contribution in [0, 0.1) is 0 Å². The fraction of sp³-hybridized carbons (Fsp3) is 0.0909. The fourth-order valence-electron chi connectivity index (χ4n) is 1.41. The van der Waals surface area contributed by atoms with E-state index in [1.807, 2.05) is 17.5 Å². The number of hydrogen-bond donors (Lipinski definition) is 1. The number of hydrogen-bond acceptors (Lipinski definition) is 3. The van der Waals surface area contributed by atoms with Crippen LogP contribution < -0.4 is 0 Å². The highest BCUT2D eigenvalue weighted by molar-refractivity contribution is 7.13. The maximum Gasteiger partial charge on any atom is 0.356 e. The van der Waals surface area contributed by atoms with Crippen molar-refractivity contribution in [2.75, 3.05) is 0 Å². The van der Waals surface area contributed by atoms with E-state index in [4.69, 9.17) is 5.11 Å². The number of nitrogens with zero attached hydrogens (tertiary/aromatic N) is 2. The van der Waals surface area contributed by atoms with E-state index in [0.717, 1.165) is 10.6 Å². The van der Waals surface area contributed by atoms with E-state index in [9.17, 15) is 4.79 Å². The largest absolute Gasteiger partial charge is 0.476 e. The molecule has 0 aliphatic carbocycles. The Morgan fingerprint density at radius 3 is 3.06 bits per heavy atom. The third-order valence-electron chi connectivity index (χ3n) is 2.07. The first-order valence-corrected chi connectivity index (χ1v) is 5.56. The zero-order valence-electron chi connectivity index (χ0n) is 8.46. The van der Waals surface area contributed by atoms with Crippen molar-refractivity contribution in [1.29, 1.82) is 0 Å². The van der Waals surface area contributed by atoms with Crippen LogP contribution in [0.3, 0.4) is 0 Å². The number of carbonyl (C=O) groups is 1. The molecule has 2 aromatic heterocycles. The van der Waals surface area contributed by atoms with Crippen LogP contribution in [0.2, 0.25) is 0 Å². The second-order valence-corrected chi connectivity index (χ2v) is 4.12. The molecule has 16 heavy (non-hydrogen) atoms. The summed E-state index contributed by atoms with van der Waals surface area (Å²) >= 11 is 1.55. The molecule has 4 nitrogen and oxygen atoms in total. The maximum atomic E-state index is 10.8. The summed E-state index contributed by atoms with van der Waals surface area (Å²) in [6.07, 6.45) is 1.69. The van der Waals surface area contributed by atoms with E-state index in [1.165, 1.54) is 0 Å². The van der Waals surface area contributed by atoms with E-state index in [-0.39, 0.29) is 5.69 Å². The van der Waals surface area contributed by atoms with Gasteiger partial charge in [0.2, 0.25) is 0 Å². The first-order chi connectivity index (χ1) is 7.72. The van der Waals surface area contributed by atoms with E-state index >= 15 is 0 Å². The zero-order chi connectivity index (χ0) is 11.5. The minimum absolute atomic E-state index is 0.0604. The average molecular weight is 234 g/mol. The molecule has 0 aliphatic heterocycles. The van der Waals surface area contributed by atoms with Crippen molar-refractivity contribution < 1.29 is 9.90 Å². The van der Waals surface area contributed by atoms with E-state index < -0.39 is 5.97 Å². The van der Waals surface area contributed by atoms with Crippen LogP contribution in [0.15, 0.2) is 36.2 Å². The van der Waals surface area contributed by atoms with Crippen molar-refractivity contribution >= 4 is 17.3 Å². The van der Waals surface area contributed by atoms with Crippen LogP contribution in [-0.4, -0.2) is 20.9 Å². The second-order valence-electron chi connectivity index (χ2n) is 3.17. The van der Waals surface area contributed by atoms with Crippen LogP contribution in [0.1, 0.15) is 10.5 Å². The van der Waals surface area contributed by atoms with Gasteiger partial charge in [-0.1, -0.05) is 12.1 Å². The molecule has 0 spiro atoms. The molecule has 5 heteroatoms. The van der Waals surface area contributed by atoms with E-state index in [1.54, 1.807) is 28.2 Å². The van der Waals surface area contributed by atoms with Gasteiger partial charge in [-0.25, -0.2) is 4.79 Å². The molecule has 0 bridgehead atoms. The normalized spacial score (nSPS) is 10.2. The van der Waals surface area contributed by atoms with Gasteiger partial charge < -0.3 is 5.11 Å². The first kappa shape index (κ1) is 10.6. The molecule has 0 saturated heterocycles. The number of aromatic carboxylic acids is 1. The molecule has 2 heterocycles. The molecule has 0 saturated carbocycles. The predicted molar refractivity (Wildman–Crippen MR) is 62.7 cm³/mol. The van der Waals surface area contributed by atoms with Crippen molar-refractivity contribution in [2.24, 2.45) is 0 Å². The van der Waals surface area contributed by atoms with Gasteiger partial charge >= 0.3 is 5.97 Å². The molecule has 2 aromatic rings. The molecule has 0 fully saturated rings. The molecule has 1 N–H and O–H groups in total. The van der Waals surface area contributed by atoms with Gasteiger partial charge in [-0.15, -0.1) is 17.9 Å². The molecule has 2 rings (SSSR count). The molecule has 0 amide bonds. The average Bonchev–Trinajstić information content (AvgIpc) is 2.84. The summed E-state index contributed by atoms with van der Waals surface area (Å²) in [5.74, 6) is -1.01. The topological polar surface area (TPSA) is 55.1 Å². The summed E-state index contributed by atoms with van der Waals surface area (Å²) < 4.78 is 1.64. The van der Waals surface area contributed by atoms with Crippen molar-refractivity contribution in [2.45, 2.75) is 6.54 Å². The number of thiophene rings is 1. The number of aromatic nitrogens is 2. The van der Waals surface area contributed by atoms with Crippen molar-refractivity contribution in [3.8, 4) is 10.6 Å². The maximum absolute atomic E-state index is 10.8. The SMILES string of the molecule is C=CCn1nc(C(=O)O)cc1-c1cccs1. The summed E-state index contributed by atoms with van der Waals surface area (Å²) in [5, 5.41) is 14.8. The lowest BCUT2D eigenvalue weighted by Crippen LogP contribution is -2.02. The van der Waals surface area contributed by atoms with Crippen molar-refractivity contribution in [1.82, 2.24) is 9.78 Å². The number of carboxylic acid groups (broad SMARTS) is 1. The predicted octanol–water partition coefficient (Wildman–Crippen LogP) is 2.50. The second kappa shape index (κ2) is 4.32. The molecule has 0 radical (unpaired) electrons. The highest BCUT2D eigenvalue weighted by atomic mass is 32.1. The van der Waals surface area contributed by atoms with Crippen LogP contribution in [0.5, 0.6) is 0 Å². The summed E-state index contributed by atoms with van der Waals surface area (Å²) in [6, 6.07) is 5.44. The van der Waals surface area contributed by atoms with Gasteiger partial charge in [0, 0.05) is 0 Å². The van der Waals surface area contributed by atoms with Gasteiger partial charge in [0.05, 0.1) is 17.1 Å². The lowest BCUT2D eigenvalue weighted by atomic mass is 10.3. The lowest BCUT2D eigenvalue weighted by Gasteiger charge is -2.00. The van der Waals surface area contributed by atoms with Crippen LogP contribution >= 0.6 is 11.3 Å². The third-order valence-corrected chi connectivity index (χ3v) is 2.97. The highest BCUT2D eigenvalue weighted by Gasteiger charge is 2.14. The van der Waals surface area contributed by atoms with Crippen LogP contribution in [0.4, 0.5) is 0 Å². The Morgan fingerprint density at radius 1 is 1.69 bits per heavy atom. The standard InChI is InChI=1S/C11H10N2O2S/c1-2-5-13-9(10-4-3-6-16-10)7-8(12-13)11(14)15/h2-4,6-7H,1,5H2,(H,14,15). The minimum Gasteiger partial charge on any atom is -0.476 e. The molecule has 82 valence electrons. The van der Waals surface area contributed by atoms with Crippen molar-refractivity contribution in [3.05, 3.63) is 41.9 Å². The van der Waals surface area contributed by atoms with E-state index in [2.05, 4.69) is 11.7 Å². The Bertz CT molecular complexity index is 514. The molecule has 0 aromatic carbocycles. The Hall–Kier alpha value is -1.88. The summed E-state index contributed by atoms with van der Waals surface area (Å²) in [4.78, 5) is 11.8. The Labute approximate surface area is 96.5 Å². The highest BCUT2D eigenvalue weighted by Crippen LogP contribution is 2.25.